The van der Waals surface area contributed by atoms with Gasteiger partial charge in [0.2, 0.25) is 0 Å². The number of carbonyl (C=O) groups excluding carboxylic acids is 2. The van der Waals surface area contributed by atoms with Crippen molar-refractivity contribution in [3.05, 3.63) is 68.2 Å². The maximum atomic E-state index is 12.4. The van der Waals surface area contributed by atoms with Gasteiger partial charge in [-0.1, -0.05) is 29.8 Å². The quantitative estimate of drug-likeness (QED) is 0.330. The van der Waals surface area contributed by atoms with Crippen molar-refractivity contribution in [3.8, 4) is 5.75 Å². The Labute approximate surface area is 175 Å². The summed E-state index contributed by atoms with van der Waals surface area (Å²) < 4.78 is 0.825. The first-order valence-corrected chi connectivity index (χ1v) is 9.35. The van der Waals surface area contributed by atoms with E-state index in [1.807, 2.05) is 0 Å². The van der Waals surface area contributed by atoms with Crippen LogP contribution in [0.1, 0.15) is 29.8 Å². The molecule has 0 aromatic heterocycles. The van der Waals surface area contributed by atoms with Gasteiger partial charge in [-0.3, -0.25) is 19.7 Å². The van der Waals surface area contributed by atoms with Crippen molar-refractivity contribution in [1.29, 1.82) is 0 Å². The van der Waals surface area contributed by atoms with Gasteiger partial charge < -0.3 is 10.4 Å². The molecule has 10 heteroatoms. The molecule has 0 aliphatic heterocycles. The van der Waals surface area contributed by atoms with Crippen LogP contribution in [0.4, 0.5) is 5.69 Å². The highest BCUT2D eigenvalue weighted by Gasteiger charge is 2.24. The van der Waals surface area contributed by atoms with E-state index in [9.17, 15) is 24.8 Å². The molecule has 0 aliphatic rings. The molecule has 1 atom stereocenters. The summed E-state index contributed by atoms with van der Waals surface area (Å²) in [6, 6.07) is 9.26. The third-order valence-electron chi connectivity index (χ3n) is 3.94. The number of carbonyl (C=O) groups is 2. The third-order valence-corrected chi connectivity index (χ3v) is 4.47. The van der Waals surface area contributed by atoms with Crippen LogP contribution in [0.15, 0.2) is 52.0 Å². The van der Waals surface area contributed by atoms with E-state index in [1.165, 1.54) is 0 Å². The first-order chi connectivity index (χ1) is 13.7. The number of halogens is 1. The number of aromatic hydroxyl groups is 1. The van der Waals surface area contributed by atoms with E-state index in [0.29, 0.717) is 5.56 Å². The number of hydrazone groups is 1. The first kappa shape index (κ1) is 22.0. The molecule has 3 N–H and O–H groups in total. The van der Waals surface area contributed by atoms with E-state index in [0.717, 1.165) is 28.9 Å². The highest BCUT2D eigenvalue weighted by molar-refractivity contribution is 9.10. The number of hydrogen-bond acceptors (Lipinski definition) is 6. The summed E-state index contributed by atoms with van der Waals surface area (Å²) in [5, 5.41) is 27.0. The van der Waals surface area contributed by atoms with Crippen molar-refractivity contribution in [2.75, 3.05) is 0 Å². The molecule has 0 saturated carbocycles. The monoisotopic (exact) mass is 462 g/mol. The molecule has 0 fully saturated rings. The Kier molecular flexibility index (Phi) is 7.43. The van der Waals surface area contributed by atoms with Gasteiger partial charge in [0.25, 0.3) is 17.5 Å². The zero-order valence-electron chi connectivity index (χ0n) is 15.6. The van der Waals surface area contributed by atoms with Gasteiger partial charge in [0.1, 0.15) is 11.8 Å². The standard InChI is InChI=1S/C19H19BrN4O5/c1-11(2)17(22-18(26)12-3-5-14(20)6-4-12)19(27)23-21-10-13-9-15(24(28)29)7-8-16(13)25/h3-11,17,25H,1-2H3,(H,22,26)(H,23,27)/t17-/m1/s1. The fourth-order valence-electron chi connectivity index (χ4n) is 2.35. The molecule has 0 saturated heterocycles. The molecule has 9 nitrogen and oxygen atoms in total. The summed E-state index contributed by atoms with van der Waals surface area (Å²) >= 11 is 3.29. The predicted octanol–water partition coefficient (Wildman–Crippen LogP) is 2.97. The van der Waals surface area contributed by atoms with Crippen LogP contribution in [0.5, 0.6) is 5.75 Å². The van der Waals surface area contributed by atoms with Gasteiger partial charge in [0.15, 0.2) is 0 Å². The Morgan fingerprint density at radius 3 is 2.45 bits per heavy atom. The number of non-ortho nitro benzene ring substituents is 1. The largest absolute Gasteiger partial charge is 0.507 e. The SMILES string of the molecule is CC(C)[C@@H](NC(=O)c1ccc(Br)cc1)C(=O)NN=Cc1cc([N+](=O)[O-])ccc1O. The smallest absolute Gasteiger partial charge is 0.270 e. The number of nitrogens with zero attached hydrogens (tertiary/aromatic N) is 2. The normalized spacial score (nSPS) is 12.0. The number of phenols is 1. The molecule has 0 heterocycles. The van der Waals surface area contributed by atoms with Crippen molar-refractivity contribution >= 4 is 39.6 Å². The molecule has 29 heavy (non-hydrogen) atoms. The van der Waals surface area contributed by atoms with Crippen molar-refractivity contribution < 1.29 is 19.6 Å². The number of benzene rings is 2. The van der Waals surface area contributed by atoms with Crippen LogP contribution in [0.3, 0.4) is 0 Å². The van der Waals surface area contributed by atoms with Gasteiger partial charge >= 0.3 is 0 Å². The first-order valence-electron chi connectivity index (χ1n) is 8.55. The molecule has 0 spiro atoms. The molecular formula is C19H19BrN4O5. The van der Waals surface area contributed by atoms with Gasteiger partial charge in [-0.25, -0.2) is 5.43 Å². The van der Waals surface area contributed by atoms with Crippen LogP contribution in [-0.4, -0.2) is 34.1 Å². The van der Waals surface area contributed by atoms with Gasteiger partial charge in [0, 0.05) is 27.7 Å². The average molecular weight is 463 g/mol. The van der Waals surface area contributed by atoms with Gasteiger partial charge in [-0.15, -0.1) is 0 Å². The van der Waals surface area contributed by atoms with Crippen LogP contribution < -0.4 is 10.7 Å². The molecular weight excluding hydrogens is 444 g/mol. The number of phenolic OH excluding ortho intramolecular Hbond substituents is 1. The van der Waals surface area contributed by atoms with Crippen molar-refractivity contribution in [1.82, 2.24) is 10.7 Å². The minimum atomic E-state index is -0.859. The van der Waals surface area contributed by atoms with E-state index in [-0.39, 0.29) is 22.9 Å². The Morgan fingerprint density at radius 1 is 1.21 bits per heavy atom. The molecule has 0 aliphatic carbocycles. The Hall–Kier alpha value is -3.27. The Morgan fingerprint density at radius 2 is 1.86 bits per heavy atom. The highest BCUT2D eigenvalue weighted by Crippen LogP contribution is 2.21. The number of nitro groups is 1. The Balaban J connectivity index is 2.07. The second-order valence-electron chi connectivity index (χ2n) is 6.44. The van der Waals surface area contributed by atoms with Crippen LogP contribution in [0, 0.1) is 16.0 Å². The second kappa shape index (κ2) is 9.78. The summed E-state index contributed by atoms with van der Waals surface area (Å²) in [6.07, 6.45) is 1.09. The van der Waals surface area contributed by atoms with Crippen LogP contribution >= 0.6 is 15.9 Å². The number of nitro benzene ring substituents is 1. The second-order valence-corrected chi connectivity index (χ2v) is 7.35. The lowest BCUT2D eigenvalue weighted by molar-refractivity contribution is -0.384. The maximum Gasteiger partial charge on any atom is 0.270 e. The predicted molar refractivity (Wildman–Crippen MR) is 111 cm³/mol. The number of amides is 2. The van der Waals surface area contributed by atoms with Gasteiger partial charge in [0.05, 0.1) is 11.1 Å². The van der Waals surface area contributed by atoms with Gasteiger partial charge in [-0.2, -0.15) is 5.10 Å². The van der Waals surface area contributed by atoms with Crippen LogP contribution in [-0.2, 0) is 4.79 Å². The zero-order valence-corrected chi connectivity index (χ0v) is 17.2. The minimum Gasteiger partial charge on any atom is -0.507 e. The lowest BCUT2D eigenvalue weighted by Crippen LogP contribution is -2.48. The minimum absolute atomic E-state index is 0.0690. The molecule has 2 amide bonds. The zero-order chi connectivity index (χ0) is 21.6. The molecule has 2 rings (SSSR count). The molecule has 0 bridgehead atoms. The average Bonchev–Trinajstić information content (AvgIpc) is 2.67. The molecule has 152 valence electrons. The summed E-state index contributed by atoms with van der Waals surface area (Å²) in [7, 11) is 0. The van der Waals surface area contributed by atoms with Gasteiger partial charge in [-0.05, 0) is 36.2 Å². The number of nitrogens with one attached hydrogen (secondary N) is 2. The van der Waals surface area contributed by atoms with Crippen molar-refractivity contribution in [2.24, 2.45) is 11.0 Å². The maximum absolute atomic E-state index is 12.4. The summed E-state index contributed by atoms with van der Waals surface area (Å²) in [5.74, 6) is -1.42. The van der Waals surface area contributed by atoms with E-state index < -0.39 is 22.8 Å². The third kappa shape index (κ3) is 6.11. The number of hydrogen-bond donors (Lipinski definition) is 3. The molecule has 0 radical (unpaired) electrons. The van der Waals surface area contributed by atoms with E-state index in [2.05, 4.69) is 31.8 Å². The van der Waals surface area contributed by atoms with E-state index >= 15 is 0 Å². The van der Waals surface area contributed by atoms with Crippen molar-refractivity contribution in [2.45, 2.75) is 19.9 Å². The molecule has 2 aromatic rings. The summed E-state index contributed by atoms with van der Waals surface area (Å²) in [4.78, 5) is 35.0. The Bertz CT molecular complexity index is 944. The fraction of sp³-hybridized carbons (Fsp3) is 0.211. The summed E-state index contributed by atoms with van der Waals surface area (Å²) in [6.45, 7) is 3.53. The van der Waals surface area contributed by atoms with Crippen LogP contribution in [0.25, 0.3) is 0 Å². The van der Waals surface area contributed by atoms with E-state index in [4.69, 9.17) is 0 Å². The van der Waals surface area contributed by atoms with Crippen molar-refractivity contribution in [3.63, 3.8) is 0 Å². The van der Waals surface area contributed by atoms with Crippen LogP contribution in [0.2, 0.25) is 0 Å². The van der Waals surface area contributed by atoms with E-state index in [1.54, 1.807) is 38.1 Å². The molecule has 0 unspecified atom stereocenters. The fourth-order valence-corrected chi connectivity index (χ4v) is 2.62. The lowest BCUT2D eigenvalue weighted by Gasteiger charge is -2.20. The number of rotatable bonds is 7. The lowest BCUT2D eigenvalue weighted by atomic mass is 10.0. The topological polar surface area (TPSA) is 134 Å². The summed E-state index contributed by atoms with van der Waals surface area (Å²) in [5.41, 5.74) is 2.53. The highest BCUT2D eigenvalue weighted by atomic mass is 79.9. The molecule has 2 aromatic carbocycles.